The Balaban J connectivity index is 1.86. The fourth-order valence-corrected chi connectivity index (χ4v) is 4.55. The van der Waals surface area contributed by atoms with Crippen LogP contribution in [0.15, 0.2) is 24.3 Å². The van der Waals surface area contributed by atoms with Gasteiger partial charge in [0, 0.05) is 6.04 Å². The van der Waals surface area contributed by atoms with Crippen LogP contribution in [0.5, 0.6) is 0 Å². The van der Waals surface area contributed by atoms with E-state index < -0.39 is 21.6 Å². The van der Waals surface area contributed by atoms with Crippen molar-refractivity contribution in [2.24, 2.45) is 0 Å². The molecule has 1 aromatic carbocycles. The number of rotatable bonds is 5. The molecule has 2 rings (SSSR count). The molecule has 0 aliphatic carbocycles. The van der Waals surface area contributed by atoms with Gasteiger partial charge in [-0.05, 0) is 43.4 Å². The first-order valence-corrected chi connectivity index (χ1v) is 9.60. The molecule has 23 heavy (non-hydrogen) atoms. The molecule has 1 heterocycles. The molecule has 3 nitrogen and oxygen atoms in total. The molecule has 0 aromatic heterocycles. The summed E-state index contributed by atoms with van der Waals surface area (Å²) in [5.41, 5.74) is 0.0195. The molecular weight excluding hydrogens is 327 g/mol. The van der Waals surface area contributed by atoms with Crippen molar-refractivity contribution in [3.8, 4) is 0 Å². The lowest BCUT2D eigenvalue weighted by molar-refractivity contribution is -0.137. The van der Waals surface area contributed by atoms with E-state index in [1.54, 1.807) is 6.07 Å². The number of sulfone groups is 1. The third kappa shape index (κ3) is 5.49. The van der Waals surface area contributed by atoms with Crippen LogP contribution < -0.4 is 5.32 Å². The molecule has 130 valence electrons. The fourth-order valence-electron chi connectivity index (χ4n) is 2.88. The van der Waals surface area contributed by atoms with E-state index >= 15 is 0 Å². The zero-order valence-corrected chi connectivity index (χ0v) is 13.9. The highest BCUT2D eigenvalue weighted by Gasteiger charge is 2.30. The van der Waals surface area contributed by atoms with Crippen LogP contribution in [0.25, 0.3) is 0 Å². The number of hydrogen-bond donors (Lipinski definition) is 1. The summed E-state index contributed by atoms with van der Waals surface area (Å²) in [5, 5.41) is 3.22. The van der Waals surface area contributed by atoms with Gasteiger partial charge >= 0.3 is 6.18 Å². The van der Waals surface area contributed by atoms with Crippen molar-refractivity contribution in [2.75, 3.05) is 18.1 Å². The molecule has 7 heteroatoms. The minimum atomic E-state index is -4.33. The predicted molar refractivity (Wildman–Crippen MR) is 84.2 cm³/mol. The second kappa shape index (κ2) is 7.21. The fraction of sp³-hybridized carbons (Fsp3) is 0.625. The highest BCUT2D eigenvalue weighted by atomic mass is 32.2. The monoisotopic (exact) mass is 349 g/mol. The number of nitrogens with one attached hydrogen (secondary N) is 1. The van der Waals surface area contributed by atoms with Gasteiger partial charge in [-0.2, -0.15) is 13.2 Å². The standard InChI is InChI=1S/C16H22F3NO2S/c1-12(13-4-2-5-14(10-13)16(17,18)19)7-8-20-15-6-3-9-23(21,22)11-15/h2,4-5,10,12,15,20H,3,6-9,11H2,1H3/t12-,15-/m1/s1. The first-order valence-electron chi connectivity index (χ1n) is 7.78. The minimum absolute atomic E-state index is 0.0232. The maximum Gasteiger partial charge on any atom is 0.416 e. The van der Waals surface area contributed by atoms with Gasteiger partial charge in [0.15, 0.2) is 9.84 Å². The summed E-state index contributed by atoms with van der Waals surface area (Å²) >= 11 is 0. The summed E-state index contributed by atoms with van der Waals surface area (Å²) in [6.07, 6.45) is -2.16. The lowest BCUT2D eigenvalue weighted by Gasteiger charge is -2.24. The number of alkyl halides is 3. The average molecular weight is 349 g/mol. The second-order valence-corrected chi connectivity index (χ2v) is 8.45. The van der Waals surface area contributed by atoms with Gasteiger partial charge in [-0.1, -0.05) is 25.1 Å². The Morgan fingerprint density at radius 2 is 2.09 bits per heavy atom. The van der Waals surface area contributed by atoms with E-state index in [4.69, 9.17) is 0 Å². The molecule has 0 amide bonds. The lowest BCUT2D eigenvalue weighted by Crippen LogP contribution is -2.40. The van der Waals surface area contributed by atoms with Gasteiger partial charge in [-0.3, -0.25) is 0 Å². The maximum atomic E-state index is 12.7. The third-order valence-electron chi connectivity index (χ3n) is 4.26. The van der Waals surface area contributed by atoms with Gasteiger partial charge < -0.3 is 5.32 Å². The van der Waals surface area contributed by atoms with E-state index in [-0.39, 0.29) is 23.5 Å². The molecule has 2 atom stereocenters. The summed E-state index contributed by atoms with van der Waals surface area (Å²) in [6, 6.07) is 5.35. The molecule has 0 bridgehead atoms. The molecule has 1 aromatic rings. The predicted octanol–water partition coefficient (Wildman–Crippen LogP) is 3.37. The molecule has 1 saturated heterocycles. The lowest BCUT2D eigenvalue weighted by atomic mass is 9.96. The Kier molecular flexibility index (Phi) is 5.73. The van der Waals surface area contributed by atoms with E-state index in [2.05, 4.69) is 5.32 Å². The highest BCUT2D eigenvalue weighted by molar-refractivity contribution is 7.91. The Morgan fingerprint density at radius 3 is 2.74 bits per heavy atom. The third-order valence-corrected chi connectivity index (χ3v) is 6.08. The van der Waals surface area contributed by atoms with E-state index in [1.807, 2.05) is 6.92 Å². The van der Waals surface area contributed by atoms with Gasteiger partial charge in [0.1, 0.15) is 0 Å². The van der Waals surface area contributed by atoms with E-state index in [9.17, 15) is 21.6 Å². The number of halogens is 3. The van der Waals surface area contributed by atoms with Crippen LogP contribution in [-0.4, -0.2) is 32.5 Å². The second-order valence-electron chi connectivity index (χ2n) is 6.22. The summed E-state index contributed by atoms with van der Waals surface area (Å²) in [6.45, 7) is 2.48. The smallest absolute Gasteiger partial charge is 0.313 e. The molecule has 0 spiro atoms. The van der Waals surface area contributed by atoms with Crippen molar-refractivity contribution >= 4 is 9.84 Å². The van der Waals surface area contributed by atoms with Crippen molar-refractivity contribution in [2.45, 2.75) is 44.3 Å². The van der Waals surface area contributed by atoms with Gasteiger partial charge in [0.2, 0.25) is 0 Å². The molecule has 0 radical (unpaired) electrons. The van der Waals surface area contributed by atoms with Crippen LogP contribution in [0.4, 0.5) is 13.2 Å². The van der Waals surface area contributed by atoms with Crippen LogP contribution in [0.1, 0.15) is 43.2 Å². The molecule has 1 aliphatic heterocycles. The zero-order valence-electron chi connectivity index (χ0n) is 13.1. The Hall–Kier alpha value is -1.08. The SMILES string of the molecule is C[C@H](CCN[C@@H]1CCCS(=O)(=O)C1)c1cccc(C(F)(F)F)c1. The van der Waals surface area contributed by atoms with Crippen LogP contribution in [-0.2, 0) is 16.0 Å². The molecule has 0 saturated carbocycles. The van der Waals surface area contributed by atoms with Crippen molar-refractivity contribution in [3.63, 3.8) is 0 Å². The van der Waals surface area contributed by atoms with Gasteiger partial charge in [0.25, 0.3) is 0 Å². The van der Waals surface area contributed by atoms with Gasteiger partial charge in [-0.25, -0.2) is 8.42 Å². The zero-order chi connectivity index (χ0) is 17.1. The van der Waals surface area contributed by atoms with E-state index in [1.165, 1.54) is 12.1 Å². The van der Waals surface area contributed by atoms with Crippen LogP contribution in [0.3, 0.4) is 0 Å². The quantitative estimate of drug-likeness (QED) is 0.887. The molecule has 0 unspecified atom stereocenters. The first kappa shape index (κ1) is 18.3. The van der Waals surface area contributed by atoms with Gasteiger partial charge in [-0.15, -0.1) is 0 Å². The number of benzene rings is 1. The normalized spacial score (nSPS) is 22.7. The summed E-state index contributed by atoms with van der Waals surface area (Å²) < 4.78 is 61.3. The highest BCUT2D eigenvalue weighted by Crippen LogP contribution is 2.31. The van der Waals surface area contributed by atoms with E-state index in [0.29, 0.717) is 24.9 Å². The van der Waals surface area contributed by atoms with Crippen molar-refractivity contribution in [1.82, 2.24) is 5.32 Å². The largest absolute Gasteiger partial charge is 0.416 e. The molecule has 1 fully saturated rings. The number of hydrogen-bond acceptors (Lipinski definition) is 3. The summed E-state index contributed by atoms with van der Waals surface area (Å²) in [4.78, 5) is 0. The van der Waals surface area contributed by atoms with Gasteiger partial charge in [0.05, 0.1) is 17.1 Å². The maximum absolute atomic E-state index is 12.7. The summed E-state index contributed by atoms with van der Waals surface area (Å²) in [5.74, 6) is 0.390. The van der Waals surface area contributed by atoms with E-state index in [0.717, 1.165) is 12.5 Å². The van der Waals surface area contributed by atoms with Crippen molar-refractivity contribution in [1.29, 1.82) is 0 Å². The Bertz CT molecular complexity index is 628. The van der Waals surface area contributed by atoms with Crippen LogP contribution >= 0.6 is 0 Å². The molecule has 1 aliphatic rings. The van der Waals surface area contributed by atoms with Crippen molar-refractivity contribution < 1.29 is 21.6 Å². The Labute approximate surface area is 135 Å². The summed E-state index contributed by atoms with van der Waals surface area (Å²) in [7, 11) is -2.94. The Morgan fingerprint density at radius 1 is 1.35 bits per heavy atom. The molecule has 1 N–H and O–H groups in total. The average Bonchev–Trinajstić information content (AvgIpc) is 2.45. The van der Waals surface area contributed by atoms with Crippen molar-refractivity contribution in [3.05, 3.63) is 35.4 Å². The first-order chi connectivity index (χ1) is 10.7. The van der Waals surface area contributed by atoms with Crippen LogP contribution in [0, 0.1) is 0 Å². The topological polar surface area (TPSA) is 46.2 Å². The molecular formula is C16H22F3NO2S. The minimum Gasteiger partial charge on any atom is -0.313 e. The van der Waals surface area contributed by atoms with Crippen LogP contribution in [0.2, 0.25) is 0 Å².